The van der Waals surface area contributed by atoms with Gasteiger partial charge in [0.1, 0.15) is 0 Å². The molecule has 0 aromatic heterocycles. The molecule has 2 N–H and O–H groups in total. The third kappa shape index (κ3) is 3.62. The van der Waals surface area contributed by atoms with Crippen molar-refractivity contribution in [3.8, 4) is 0 Å². The van der Waals surface area contributed by atoms with E-state index in [-0.39, 0.29) is 23.8 Å². The van der Waals surface area contributed by atoms with E-state index in [1.807, 2.05) is 25.1 Å². The SMILES string of the molecule is Cc1ccc(C(C)NC(=O)[C@@H]2CNC[C@H]2c2ccccc2)cc1. The average Bonchev–Trinajstić information content (AvgIpc) is 3.06. The fraction of sp³-hybridized carbons (Fsp3) is 0.350. The lowest BCUT2D eigenvalue weighted by atomic mass is 9.88. The summed E-state index contributed by atoms with van der Waals surface area (Å²) < 4.78 is 0. The van der Waals surface area contributed by atoms with Gasteiger partial charge in [0.15, 0.2) is 0 Å². The van der Waals surface area contributed by atoms with Gasteiger partial charge >= 0.3 is 0 Å². The fourth-order valence-corrected chi connectivity index (χ4v) is 3.26. The molecule has 3 rings (SSSR count). The first kappa shape index (κ1) is 15.8. The zero-order valence-electron chi connectivity index (χ0n) is 13.8. The van der Waals surface area contributed by atoms with Gasteiger partial charge in [-0.25, -0.2) is 0 Å². The fourth-order valence-electron chi connectivity index (χ4n) is 3.26. The molecule has 2 aromatic carbocycles. The van der Waals surface area contributed by atoms with Gasteiger partial charge in [-0.3, -0.25) is 4.79 Å². The first-order valence-electron chi connectivity index (χ1n) is 8.28. The summed E-state index contributed by atoms with van der Waals surface area (Å²) in [5.41, 5.74) is 3.61. The van der Waals surface area contributed by atoms with E-state index in [1.165, 1.54) is 11.1 Å². The monoisotopic (exact) mass is 308 g/mol. The van der Waals surface area contributed by atoms with Crippen molar-refractivity contribution in [1.29, 1.82) is 0 Å². The summed E-state index contributed by atoms with van der Waals surface area (Å²) in [5.74, 6) is 0.378. The first-order chi connectivity index (χ1) is 11.1. The highest BCUT2D eigenvalue weighted by Gasteiger charge is 2.34. The van der Waals surface area contributed by atoms with Crippen LogP contribution in [0.5, 0.6) is 0 Å². The molecule has 1 aliphatic rings. The van der Waals surface area contributed by atoms with Gasteiger partial charge in [-0.05, 0) is 25.0 Å². The maximum absolute atomic E-state index is 12.7. The van der Waals surface area contributed by atoms with E-state index in [9.17, 15) is 4.79 Å². The van der Waals surface area contributed by atoms with Crippen LogP contribution in [0.3, 0.4) is 0 Å². The Kier molecular flexibility index (Phi) is 4.77. The second-order valence-corrected chi connectivity index (χ2v) is 6.42. The van der Waals surface area contributed by atoms with E-state index in [1.54, 1.807) is 0 Å². The van der Waals surface area contributed by atoms with Crippen LogP contribution in [-0.2, 0) is 4.79 Å². The number of rotatable bonds is 4. The zero-order chi connectivity index (χ0) is 16.2. The van der Waals surface area contributed by atoms with Crippen LogP contribution < -0.4 is 10.6 Å². The van der Waals surface area contributed by atoms with Gasteiger partial charge in [0.25, 0.3) is 0 Å². The summed E-state index contributed by atoms with van der Waals surface area (Å²) >= 11 is 0. The molecule has 3 nitrogen and oxygen atoms in total. The normalized spacial score (nSPS) is 21.8. The largest absolute Gasteiger partial charge is 0.349 e. The highest BCUT2D eigenvalue weighted by molar-refractivity contribution is 5.81. The minimum atomic E-state index is -0.00898. The van der Waals surface area contributed by atoms with Crippen molar-refractivity contribution in [3.63, 3.8) is 0 Å². The van der Waals surface area contributed by atoms with Gasteiger partial charge in [0.2, 0.25) is 5.91 Å². The number of carbonyl (C=O) groups is 1. The lowest BCUT2D eigenvalue weighted by Crippen LogP contribution is -2.36. The Balaban J connectivity index is 1.68. The van der Waals surface area contributed by atoms with E-state index in [4.69, 9.17) is 0 Å². The quantitative estimate of drug-likeness (QED) is 0.911. The Labute approximate surface area is 138 Å². The van der Waals surface area contributed by atoms with Gasteiger partial charge in [0, 0.05) is 19.0 Å². The molecule has 1 amide bonds. The molecule has 120 valence electrons. The smallest absolute Gasteiger partial charge is 0.225 e. The Morgan fingerprint density at radius 3 is 2.48 bits per heavy atom. The molecular weight excluding hydrogens is 284 g/mol. The molecule has 1 heterocycles. The number of hydrogen-bond acceptors (Lipinski definition) is 2. The van der Waals surface area contributed by atoms with Crippen LogP contribution in [0.4, 0.5) is 0 Å². The lowest BCUT2D eigenvalue weighted by molar-refractivity contribution is -0.125. The van der Waals surface area contributed by atoms with Crippen LogP contribution in [0.2, 0.25) is 0 Å². The predicted octanol–water partition coefficient (Wildman–Crippen LogP) is 3.18. The van der Waals surface area contributed by atoms with Crippen molar-refractivity contribution < 1.29 is 4.79 Å². The molecular formula is C20H24N2O. The third-order valence-electron chi connectivity index (χ3n) is 4.71. The number of benzene rings is 2. The standard InChI is InChI=1S/C20H24N2O/c1-14-8-10-16(11-9-14)15(2)22-20(23)19-13-21-12-18(19)17-6-4-3-5-7-17/h3-11,15,18-19,21H,12-13H2,1-2H3,(H,22,23)/t15?,18-,19+/m0/s1. The average molecular weight is 308 g/mol. The maximum Gasteiger partial charge on any atom is 0.225 e. The number of amides is 1. The van der Waals surface area contributed by atoms with Crippen LogP contribution >= 0.6 is 0 Å². The summed E-state index contributed by atoms with van der Waals surface area (Å²) in [6.07, 6.45) is 0. The third-order valence-corrected chi connectivity index (χ3v) is 4.71. The molecule has 0 radical (unpaired) electrons. The summed E-state index contributed by atoms with van der Waals surface area (Å²) in [6, 6.07) is 18.7. The number of carbonyl (C=O) groups excluding carboxylic acids is 1. The first-order valence-corrected chi connectivity index (χ1v) is 8.28. The predicted molar refractivity (Wildman–Crippen MR) is 93.3 cm³/mol. The second-order valence-electron chi connectivity index (χ2n) is 6.42. The van der Waals surface area contributed by atoms with Crippen LogP contribution in [-0.4, -0.2) is 19.0 Å². The van der Waals surface area contributed by atoms with Crippen molar-refractivity contribution >= 4 is 5.91 Å². The van der Waals surface area contributed by atoms with E-state index in [2.05, 4.69) is 54.0 Å². The van der Waals surface area contributed by atoms with Crippen LogP contribution in [0.25, 0.3) is 0 Å². The second kappa shape index (κ2) is 6.97. The van der Waals surface area contributed by atoms with E-state index >= 15 is 0 Å². The summed E-state index contributed by atoms with van der Waals surface area (Å²) in [6.45, 7) is 5.72. The Morgan fingerprint density at radius 1 is 1.09 bits per heavy atom. The van der Waals surface area contributed by atoms with Crippen molar-refractivity contribution in [1.82, 2.24) is 10.6 Å². The van der Waals surface area contributed by atoms with Crippen molar-refractivity contribution in [2.24, 2.45) is 5.92 Å². The molecule has 1 unspecified atom stereocenters. The van der Waals surface area contributed by atoms with Gasteiger partial charge in [-0.2, -0.15) is 0 Å². The highest BCUT2D eigenvalue weighted by atomic mass is 16.2. The molecule has 0 saturated carbocycles. The van der Waals surface area contributed by atoms with Gasteiger partial charge in [-0.1, -0.05) is 60.2 Å². The van der Waals surface area contributed by atoms with Crippen molar-refractivity contribution in [3.05, 3.63) is 71.3 Å². The zero-order valence-corrected chi connectivity index (χ0v) is 13.8. The minimum Gasteiger partial charge on any atom is -0.349 e. The van der Waals surface area contributed by atoms with Gasteiger partial charge in [0.05, 0.1) is 12.0 Å². The van der Waals surface area contributed by atoms with Crippen molar-refractivity contribution in [2.75, 3.05) is 13.1 Å². The minimum absolute atomic E-state index is 0.00898. The van der Waals surface area contributed by atoms with E-state index in [0.717, 1.165) is 18.7 Å². The Bertz CT molecular complexity index is 651. The maximum atomic E-state index is 12.7. The van der Waals surface area contributed by atoms with Crippen LogP contribution in [0.15, 0.2) is 54.6 Å². The summed E-state index contributed by atoms with van der Waals surface area (Å²) in [5, 5.41) is 6.54. The summed E-state index contributed by atoms with van der Waals surface area (Å²) in [4.78, 5) is 12.7. The van der Waals surface area contributed by atoms with Gasteiger partial charge < -0.3 is 10.6 Å². The molecule has 1 fully saturated rings. The van der Waals surface area contributed by atoms with Crippen LogP contribution in [0, 0.1) is 12.8 Å². The summed E-state index contributed by atoms with van der Waals surface area (Å²) in [7, 11) is 0. The highest BCUT2D eigenvalue weighted by Crippen LogP contribution is 2.28. The molecule has 0 spiro atoms. The van der Waals surface area contributed by atoms with Crippen LogP contribution in [0.1, 0.15) is 35.6 Å². The molecule has 1 saturated heterocycles. The van der Waals surface area contributed by atoms with Gasteiger partial charge in [-0.15, -0.1) is 0 Å². The lowest BCUT2D eigenvalue weighted by Gasteiger charge is -2.22. The Morgan fingerprint density at radius 2 is 1.78 bits per heavy atom. The molecule has 3 atom stereocenters. The molecule has 2 aromatic rings. The number of nitrogens with one attached hydrogen (secondary N) is 2. The van der Waals surface area contributed by atoms with Crippen molar-refractivity contribution in [2.45, 2.75) is 25.8 Å². The molecule has 0 aliphatic carbocycles. The number of hydrogen-bond donors (Lipinski definition) is 2. The topological polar surface area (TPSA) is 41.1 Å². The van der Waals surface area contributed by atoms with E-state index < -0.39 is 0 Å². The number of aryl methyl sites for hydroxylation is 1. The van der Waals surface area contributed by atoms with E-state index in [0.29, 0.717) is 0 Å². The Hall–Kier alpha value is -2.13. The molecule has 23 heavy (non-hydrogen) atoms. The molecule has 3 heteroatoms. The molecule has 0 bridgehead atoms. The molecule has 1 aliphatic heterocycles.